The van der Waals surface area contributed by atoms with Crippen molar-refractivity contribution in [2.75, 3.05) is 5.09 Å². The van der Waals surface area contributed by atoms with Gasteiger partial charge in [0.25, 0.3) is 0 Å². The van der Waals surface area contributed by atoms with Crippen LogP contribution in [0.3, 0.4) is 0 Å². The lowest BCUT2D eigenvalue weighted by Crippen LogP contribution is -1.95. The van der Waals surface area contributed by atoms with Crippen molar-refractivity contribution in [2.24, 2.45) is 0 Å². The molecule has 1 aromatic carbocycles. The monoisotopic (exact) mass is 191 g/mol. The Labute approximate surface area is 68.5 Å². The maximum atomic E-state index is 11.4. The summed E-state index contributed by atoms with van der Waals surface area (Å²) in [5, 5.41) is 1.98. The molecule has 66 valence electrons. The topological polar surface area (TPSA) is 58.6 Å². The number of benzene rings is 1. The van der Waals surface area contributed by atoms with E-state index in [2.05, 4.69) is 4.73 Å². The molecule has 0 fully saturated rings. The Morgan fingerprint density at radius 3 is 2.50 bits per heavy atom. The number of halogens is 1. The van der Waals surface area contributed by atoms with Crippen LogP contribution in [0.15, 0.2) is 30.3 Å². The van der Waals surface area contributed by atoms with E-state index in [1.54, 1.807) is 18.2 Å². The van der Waals surface area contributed by atoms with Crippen LogP contribution in [0.1, 0.15) is 0 Å². The summed E-state index contributed by atoms with van der Waals surface area (Å²) in [5.41, 5.74) is 0.320. The Kier molecular flexibility index (Phi) is 2.81. The first-order valence-corrected chi connectivity index (χ1v) is 4.68. The summed E-state index contributed by atoms with van der Waals surface area (Å²) in [7, 11) is -4.31. The van der Waals surface area contributed by atoms with Crippen LogP contribution in [0.5, 0.6) is 0 Å². The van der Waals surface area contributed by atoms with Gasteiger partial charge in [-0.05, 0) is 16.7 Å². The van der Waals surface area contributed by atoms with E-state index in [1.165, 1.54) is 12.1 Å². The third-order valence-corrected chi connectivity index (χ3v) is 1.87. The smallest absolute Gasteiger partial charge is 0.306 e. The van der Waals surface area contributed by atoms with Crippen LogP contribution in [0, 0.1) is 0 Å². The van der Waals surface area contributed by atoms with Crippen molar-refractivity contribution in [2.45, 2.75) is 0 Å². The molecule has 0 aliphatic heterocycles. The molecule has 1 rings (SSSR count). The van der Waals surface area contributed by atoms with Crippen molar-refractivity contribution in [3.63, 3.8) is 0 Å². The molecule has 0 radical (unpaired) electrons. The van der Waals surface area contributed by atoms with Gasteiger partial charge in [-0.25, -0.2) is 4.57 Å². The van der Waals surface area contributed by atoms with Crippen LogP contribution in [-0.2, 0) is 9.29 Å². The molecule has 1 aromatic rings. The third-order valence-electron chi connectivity index (χ3n) is 1.14. The number of hydrogen-bond donors (Lipinski definition) is 2. The molecule has 0 heterocycles. The lowest BCUT2D eigenvalue weighted by atomic mass is 10.3. The fourth-order valence-electron chi connectivity index (χ4n) is 0.693. The molecule has 0 aliphatic carbocycles. The van der Waals surface area contributed by atoms with Gasteiger partial charge in [-0.15, -0.1) is 0 Å². The molecule has 1 unspecified atom stereocenters. The first-order valence-electron chi connectivity index (χ1n) is 3.10. The van der Waals surface area contributed by atoms with Crippen LogP contribution >= 0.6 is 7.75 Å². The minimum Gasteiger partial charge on any atom is -0.306 e. The largest absolute Gasteiger partial charge is 0.461 e. The van der Waals surface area contributed by atoms with Gasteiger partial charge in [0.15, 0.2) is 0 Å². The molecule has 6 heteroatoms. The summed E-state index contributed by atoms with van der Waals surface area (Å²) in [6, 6.07) is 8.04. The molecule has 0 aromatic heterocycles. The van der Waals surface area contributed by atoms with E-state index in [1.807, 2.05) is 5.09 Å². The summed E-state index contributed by atoms with van der Waals surface area (Å²) in [6.07, 6.45) is 0. The summed E-state index contributed by atoms with van der Waals surface area (Å²) in [5.74, 6) is 0. The summed E-state index contributed by atoms with van der Waals surface area (Å²) < 4.78 is 24.8. The van der Waals surface area contributed by atoms with Crippen LogP contribution in [0.4, 0.5) is 10.2 Å². The molecular formula is C6H7FNO3P. The van der Waals surface area contributed by atoms with E-state index in [0.29, 0.717) is 5.69 Å². The Bertz CT molecular complexity index is 292. The first-order chi connectivity index (χ1) is 5.64. The van der Waals surface area contributed by atoms with E-state index in [9.17, 15) is 9.09 Å². The molecule has 4 nitrogen and oxygen atoms in total. The third kappa shape index (κ3) is 2.62. The fourth-order valence-corrected chi connectivity index (χ4v) is 1.20. The number of nitrogens with one attached hydrogen (secondary N) is 1. The van der Waals surface area contributed by atoms with Gasteiger partial charge < -0.3 is 4.89 Å². The maximum Gasteiger partial charge on any atom is 0.461 e. The number of para-hydroxylation sites is 1. The quantitative estimate of drug-likeness (QED) is 0.718. The zero-order valence-corrected chi connectivity index (χ0v) is 6.87. The van der Waals surface area contributed by atoms with E-state index in [0.717, 1.165) is 0 Å². The van der Waals surface area contributed by atoms with Gasteiger partial charge in [-0.1, -0.05) is 22.9 Å². The number of rotatable bonds is 3. The lowest BCUT2D eigenvalue weighted by molar-refractivity contribution is -0.0171. The zero-order chi connectivity index (χ0) is 9.03. The van der Waals surface area contributed by atoms with Crippen molar-refractivity contribution in [1.29, 1.82) is 0 Å². The maximum absolute atomic E-state index is 11.4. The number of anilines is 1. The highest BCUT2D eigenvalue weighted by atomic mass is 31.2. The second-order valence-electron chi connectivity index (χ2n) is 2.07. The average molecular weight is 191 g/mol. The van der Waals surface area contributed by atoms with Gasteiger partial charge in [-0.3, -0.25) is 5.09 Å². The highest BCUT2D eigenvalue weighted by Gasteiger charge is 2.19. The standard InChI is InChI=1S/C6H7FNO3P/c7-11-12(9,10)8-6-4-2-1-3-5-6/h1-5H,(H2,8,9,10). The van der Waals surface area contributed by atoms with E-state index in [-0.39, 0.29) is 0 Å². The van der Waals surface area contributed by atoms with Gasteiger partial charge in [0.1, 0.15) is 0 Å². The average Bonchev–Trinajstić information content (AvgIpc) is 2.06. The Morgan fingerprint density at radius 1 is 1.42 bits per heavy atom. The number of hydrogen-bond acceptors (Lipinski definition) is 2. The first kappa shape index (κ1) is 9.19. The minimum atomic E-state index is -4.31. The molecule has 0 spiro atoms. The predicted molar refractivity (Wildman–Crippen MR) is 42.1 cm³/mol. The van der Waals surface area contributed by atoms with Crippen molar-refractivity contribution in [3.05, 3.63) is 30.3 Å². The molecule has 2 N–H and O–H groups in total. The van der Waals surface area contributed by atoms with Gasteiger partial charge in [0.05, 0.1) is 0 Å². The zero-order valence-electron chi connectivity index (χ0n) is 5.98. The van der Waals surface area contributed by atoms with Crippen LogP contribution in [-0.4, -0.2) is 4.89 Å². The molecule has 12 heavy (non-hydrogen) atoms. The second kappa shape index (κ2) is 3.67. The second-order valence-corrected chi connectivity index (χ2v) is 3.47. The lowest BCUT2D eigenvalue weighted by Gasteiger charge is -2.07. The van der Waals surface area contributed by atoms with Crippen LogP contribution < -0.4 is 5.09 Å². The van der Waals surface area contributed by atoms with E-state index in [4.69, 9.17) is 4.89 Å². The van der Waals surface area contributed by atoms with Gasteiger partial charge in [0, 0.05) is 5.69 Å². The van der Waals surface area contributed by atoms with Gasteiger partial charge in [-0.2, -0.15) is 0 Å². The Morgan fingerprint density at radius 2 is 2.00 bits per heavy atom. The molecular weight excluding hydrogens is 184 g/mol. The van der Waals surface area contributed by atoms with Crippen molar-refractivity contribution < 1.29 is 18.7 Å². The Hall–Kier alpha value is -0.900. The molecule has 0 bridgehead atoms. The molecule has 0 saturated carbocycles. The van der Waals surface area contributed by atoms with Gasteiger partial charge in [0.2, 0.25) is 0 Å². The molecule has 1 atom stereocenters. The highest BCUT2D eigenvalue weighted by molar-refractivity contribution is 7.54. The SMILES string of the molecule is O=P(O)(Nc1ccccc1)OF. The Balaban J connectivity index is 2.71. The highest BCUT2D eigenvalue weighted by Crippen LogP contribution is 2.41. The van der Waals surface area contributed by atoms with Crippen molar-refractivity contribution in [1.82, 2.24) is 0 Å². The molecule has 0 aliphatic rings. The van der Waals surface area contributed by atoms with Crippen molar-refractivity contribution in [3.8, 4) is 0 Å². The van der Waals surface area contributed by atoms with Crippen LogP contribution in [0.2, 0.25) is 0 Å². The van der Waals surface area contributed by atoms with Crippen LogP contribution in [0.25, 0.3) is 0 Å². The summed E-state index contributed by atoms with van der Waals surface area (Å²) >= 11 is 0. The van der Waals surface area contributed by atoms with E-state index < -0.39 is 7.75 Å². The van der Waals surface area contributed by atoms with E-state index >= 15 is 0 Å². The summed E-state index contributed by atoms with van der Waals surface area (Å²) in [6.45, 7) is 0. The minimum absolute atomic E-state index is 0.320. The van der Waals surface area contributed by atoms with Crippen molar-refractivity contribution >= 4 is 13.4 Å². The predicted octanol–water partition coefficient (Wildman–Crippen LogP) is 2.10. The normalized spacial score (nSPS) is 15.2. The van der Waals surface area contributed by atoms with Gasteiger partial charge >= 0.3 is 7.75 Å². The fraction of sp³-hybridized carbons (Fsp3) is 0. The molecule has 0 amide bonds. The summed E-state index contributed by atoms with van der Waals surface area (Å²) in [4.78, 5) is 8.62. The molecule has 0 saturated heterocycles.